The number of hydrogen-bond donors (Lipinski definition) is 1. The molecule has 280 valence electrons. The van der Waals surface area contributed by atoms with E-state index in [1.165, 1.54) is 43.8 Å². The van der Waals surface area contributed by atoms with E-state index in [9.17, 15) is 41.4 Å². The lowest BCUT2D eigenvalue weighted by Crippen LogP contribution is -2.49. The van der Waals surface area contributed by atoms with Gasteiger partial charge in [0.05, 0.1) is 28.5 Å². The Hall–Kier alpha value is -4.44. The average Bonchev–Trinajstić information content (AvgIpc) is 3.25. The number of hydrogen-bond acceptors (Lipinski definition) is 6. The van der Waals surface area contributed by atoms with Crippen LogP contribution in [0.2, 0.25) is 0 Å². The number of ether oxygens (including phenoxy) is 2. The van der Waals surface area contributed by atoms with Crippen molar-refractivity contribution in [1.29, 1.82) is 0 Å². The summed E-state index contributed by atoms with van der Waals surface area (Å²) in [6.45, 7) is -0.332. The van der Waals surface area contributed by atoms with Crippen molar-refractivity contribution in [2.45, 2.75) is 53.1 Å². The second-order valence-electron chi connectivity index (χ2n) is 13.0. The quantitative estimate of drug-likeness (QED) is 0.195. The zero-order valence-electron chi connectivity index (χ0n) is 28.6. The van der Waals surface area contributed by atoms with Crippen molar-refractivity contribution in [3.8, 4) is 11.5 Å². The van der Waals surface area contributed by atoms with E-state index < -0.39 is 24.6 Å². The average molecular weight is 798 g/mol. The summed E-state index contributed by atoms with van der Waals surface area (Å²) in [4.78, 5) is 38.6. The van der Waals surface area contributed by atoms with Crippen molar-refractivity contribution in [1.82, 2.24) is 19.2 Å². The molecule has 0 atom stereocenters. The van der Waals surface area contributed by atoms with Gasteiger partial charge >= 0.3 is 13.2 Å². The lowest BCUT2D eigenvalue weighted by atomic mass is 9.91. The largest absolute Gasteiger partial charge is 0.434 e. The van der Waals surface area contributed by atoms with Crippen molar-refractivity contribution in [2.24, 2.45) is 18.9 Å². The Morgan fingerprint density at radius 2 is 1.31 bits per heavy atom. The Morgan fingerprint density at radius 1 is 0.827 bits per heavy atom. The lowest BCUT2D eigenvalue weighted by Gasteiger charge is -2.38. The van der Waals surface area contributed by atoms with Gasteiger partial charge in [0.15, 0.2) is 0 Å². The SMILES string of the molecule is CC(=O)N1CC(Cc2ccc(OC(F)F)c(CO)c2)C1.CC(=O)N1CC(Cc2ccc(OC(F)F)c(Cn3c4cc(Br)c(F)cc4c(=O)n3C)c2)C1. The number of aliphatic hydroxyl groups is 1. The highest BCUT2D eigenvalue weighted by Crippen LogP contribution is 2.30. The van der Waals surface area contributed by atoms with E-state index in [-0.39, 0.29) is 46.3 Å². The van der Waals surface area contributed by atoms with Gasteiger partial charge in [-0.3, -0.25) is 23.7 Å². The highest BCUT2D eigenvalue weighted by molar-refractivity contribution is 9.10. The predicted octanol–water partition coefficient (Wildman–Crippen LogP) is 5.71. The number of halogens is 6. The molecular formula is C36H38BrF5N4O6. The molecule has 2 fully saturated rings. The van der Waals surface area contributed by atoms with E-state index >= 15 is 0 Å². The molecule has 52 heavy (non-hydrogen) atoms. The number of nitrogens with zero attached hydrogens (tertiary/aromatic N) is 4. The van der Waals surface area contributed by atoms with Gasteiger partial charge in [-0.15, -0.1) is 0 Å². The van der Waals surface area contributed by atoms with Gasteiger partial charge in [-0.1, -0.05) is 18.2 Å². The Kier molecular flexibility index (Phi) is 12.3. The second kappa shape index (κ2) is 16.5. The number of alkyl halides is 4. The third-order valence-electron chi connectivity index (χ3n) is 9.23. The zero-order chi connectivity index (χ0) is 37.9. The summed E-state index contributed by atoms with van der Waals surface area (Å²) in [6.07, 6.45) is 1.44. The standard InChI is InChI=1S/C22H21BrF3N3O3.C14H17F2NO3/c1-12(30)28-9-14(10-28)5-13-3-4-20(32-22(25)26)15(6-13)11-29-19-8-17(23)18(24)7-16(19)21(31)27(29)2;1-9(19)17-6-11(7-17)4-10-2-3-13(20-14(15)16)12(5-10)8-18/h3-4,6-8,14,22H,5,9-11H2,1-2H3;2-3,5,11,14,18H,4,6-8H2,1H3. The maximum Gasteiger partial charge on any atom is 0.387 e. The topological polar surface area (TPSA) is 106 Å². The van der Waals surface area contributed by atoms with Crippen LogP contribution in [0.1, 0.15) is 36.1 Å². The molecule has 16 heteroatoms. The van der Waals surface area contributed by atoms with Gasteiger partial charge in [0, 0.05) is 58.2 Å². The first kappa shape index (κ1) is 38.8. The summed E-state index contributed by atoms with van der Waals surface area (Å²) < 4.78 is 76.5. The highest BCUT2D eigenvalue weighted by atomic mass is 79.9. The van der Waals surface area contributed by atoms with Crippen molar-refractivity contribution in [2.75, 3.05) is 26.2 Å². The van der Waals surface area contributed by atoms with E-state index in [2.05, 4.69) is 20.7 Å². The number of rotatable bonds is 11. The molecule has 2 aliphatic heterocycles. The summed E-state index contributed by atoms with van der Waals surface area (Å²) in [5, 5.41) is 9.39. The molecule has 4 aromatic rings. The first-order chi connectivity index (χ1) is 24.6. The minimum atomic E-state index is -3.00. The van der Waals surface area contributed by atoms with E-state index in [4.69, 9.17) is 4.74 Å². The van der Waals surface area contributed by atoms with E-state index in [0.29, 0.717) is 48.0 Å². The van der Waals surface area contributed by atoms with Crippen molar-refractivity contribution in [3.05, 3.63) is 91.4 Å². The van der Waals surface area contributed by atoms with Gasteiger partial charge in [-0.25, -0.2) is 4.39 Å². The van der Waals surface area contributed by atoms with E-state index in [1.807, 2.05) is 0 Å². The maximum absolute atomic E-state index is 14.0. The smallest absolute Gasteiger partial charge is 0.387 e. The normalized spacial score (nSPS) is 14.7. The molecule has 3 heterocycles. The van der Waals surface area contributed by atoms with Crippen LogP contribution in [-0.4, -0.2) is 75.5 Å². The second-order valence-corrected chi connectivity index (χ2v) is 13.8. The molecule has 1 aromatic heterocycles. The number of carbonyl (C=O) groups is 2. The van der Waals surface area contributed by atoms with Gasteiger partial charge in [0.2, 0.25) is 11.8 Å². The Morgan fingerprint density at radius 3 is 1.77 bits per heavy atom. The summed E-state index contributed by atoms with van der Waals surface area (Å²) >= 11 is 3.13. The lowest BCUT2D eigenvalue weighted by molar-refractivity contribution is -0.135. The van der Waals surface area contributed by atoms with Crippen molar-refractivity contribution in [3.63, 3.8) is 0 Å². The monoisotopic (exact) mass is 796 g/mol. The first-order valence-corrected chi connectivity index (χ1v) is 17.2. The van der Waals surface area contributed by atoms with Crippen molar-refractivity contribution < 1.29 is 46.1 Å². The zero-order valence-corrected chi connectivity index (χ0v) is 30.2. The summed E-state index contributed by atoms with van der Waals surface area (Å²) in [5.41, 5.74) is 2.77. The number of fused-ring (bicyclic) bond motifs is 1. The fourth-order valence-corrected chi connectivity index (χ4v) is 6.82. The molecule has 2 saturated heterocycles. The van der Waals surface area contributed by atoms with Crippen LogP contribution < -0.4 is 15.0 Å². The summed E-state index contributed by atoms with van der Waals surface area (Å²) in [7, 11) is 1.54. The number of benzene rings is 3. The molecule has 0 unspecified atom stereocenters. The van der Waals surface area contributed by atoms with Crippen LogP contribution in [0.15, 0.2) is 57.8 Å². The van der Waals surface area contributed by atoms with Gasteiger partial charge in [-0.2, -0.15) is 17.6 Å². The molecule has 3 aromatic carbocycles. The molecule has 2 amide bonds. The minimum Gasteiger partial charge on any atom is -0.434 e. The fraction of sp³-hybridized carbons (Fsp3) is 0.417. The predicted molar refractivity (Wildman–Crippen MR) is 185 cm³/mol. The Balaban J connectivity index is 0.000000225. The van der Waals surface area contributed by atoms with Crippen molar-refractivity contribution >= 4 is 38.6 Å². The number of aromatic nitrogens is 2. The minimum absolute atomic E-state index is 0.00484. The number of likely N-dealkylation sites (tertiary alicyclic amines) is 2. The maximum atomic E-state index is 14.0. The van der Waals surface area contributed by atoms with Crippen LogP contribution in [0.25, 0.3) is 10.9 Å². The Bertz CT molecular complexity index is 1990. The number of carbonyl (C=O) groups excluding carboxylic acids is 2. The van der Waals surface area contributed by atoms with Gasteiger partial charge in [-0.05, 0) is 82.1 Å². The summed E-state index contributed by atoms with van der Waals surface area (Å²) in [5.74, 6) is 0.236. The van der Waals surface area contributed by atoms with Crippen LogP contribution in [0.3, 0.4) is 0 Å². The molecule has 6 rings (SSSR count). The van der Waals surface area contributed by atoms with Gasteiger partial charge in [0.1, 0.15) is 17.3 Å². The molecular weight excluding hydrogens is 759 g/mol. The first-order valence-electron chi connectivity index (χ1n) is 16.4. The van der Waals surface area contributed by atoms with Crippen LogP contribution >= 0.6 is 15.9 Å². The van der Waals surface area contributed by atoms with Crippen LogP contribution in [0.4, 0.5) is 22.0 Å². The molecule has 0 radical (unpaired) electrons. The molecule has 10 nitrogen and oxygen atoms in total. The molecule has 0 aliphatic carbocycles. The molecule has 0 spiro atoms. The van der Waals surface area contributed by atoms with Crippen LogP contribution in [-0.2, 0) is 42.6 Å². The Labute approximate surface area is 304 Å². The van der Waals surface area contributed by atoms with Gasteiger partial charge < -0.3 is 24.4 Å². The van der Waals surface area contributed by atoms with Crippen LogP contribution in [0, 0.1) is 17.7 Å². The van der Waals surface area contributed by atoms with Crippen LogP contribution in [0.5, 0.6) is 11.5 Å². The number of amides is 2. The third-order valence-corrected chi connectivity index (χ3v) is 9.84. The third kappa shape index (κ3) is 9.13. The number of aliphatic hydroxyl groups excluding tert-OH is 1. The highest BCUT2D eigenvalue weighted by Gasteiger charge is 2.30. The van der Waals surface area contributed by atoms with Gasteiger partial charge in [0.25, 0.3) is 5.56 Å². The molecule has 0 bridgehead atoms. The fourth-order valence-electron chi connectivity index (χ4n) is 6.49. The molecule has 2 aliphatic rings. The van der Waals surface area contributed by atoms with E-state index in [0.717, 1.165) is 36.7 Å². The summed E-state index contributed by atoms with van der Waals surface area (Å²) in [6, 6.07) is 12.5. The molecule has 1 N–H and O–H groups in total. The molecule has 0 saturated carbocycles. The van der Waals surface area contributed by atoms with E-state index in [1.54, 1.807) is 38.7 Å².